The van der Waals surface area contributed by atoms with Crippen molar-refractivity contribution in [1.82, 2.24) is 15.6 Å². The fourth-order valence-corrected chi connectivity index (χ4v) is 2.76. The van der Waals surface area contributed by atoms with Crippen molar-refractivity contribution in [3.63, 3.8) is 0 Å². The lowest BCUT2D eigenvalue weighted by Gasteiger charge is -2.14. The van der Waals surface area contributed by atoms with Crippen molar-refractivity contribution >= 4 is 16.9 Å². The molecule has 3 rings (SSSR count). The van der Waals surface area contributed by atoms with E-state index in [2.05, 4.69) is 20.4 Å². The predicted molar refractivity (Wildman–Crippen MR) is 95.4 cm³/mol. The van der Waals surface area contributed by atoms with Crippen LogP contribution in [0.4, 0.5) is 18.0 Å². The number of urea groups is 1. The third-order valence-electron chi connectivity index (χ3n) is 3.99. The molecular formula is C19H18F3N3O2. The number of aromatic nitrogens is 1. The van der Waals surface area contributed by atoms with Crippen molar-refractivity contribution in [2.24, 2.45) is 0 Å². The van der Waals surface area contributed by atoms with Gasteiger partial charge in [-0.1, -0.05) is 36.4 Å². The van der Waals surface area contributed by atoms with Crippen molar-refractivity contribution in [3.05, 3.63) is 65.9 Å². The summed E-state index contributed by atoms with van der Waals surface area (Å²) in [7, 11) is 0. The Morgan fingerprint density at radius 2 is 1.74 bits per heavy atom. The first-order chi connectivity index (χ1) is 12.9. The highest BCUT2D eigenvalue weighted by Crippen LogP contribution is 2.26. The maximum Gasteiger partial charge on any atom is 0.573 e. The van der Waals surface area contributed by atoms with Crippen molar-refractivity contribution in [2.45, 2.75) is 19.3 Å². The number of rotatable bonds is 6. The van der Waals surface area contributed by atoms with Gasteiger partial charge in [0, 0.05) is 35.8 Å². The Bertz CT molecular complexity index is 922. The molecular weight excluding hydrogens is 359 g/mol. The van der Waals surface area contributed by atoms with E-state index < -0.39 is 12.4 Å². The predicted octanol–water partition coefficient (Wildman–Crippen LogP) is 4.11. The molecule has 3 aromatic rings. The summed E-state index contributed by atoms with van der Waals surface area (Å²) < 4.78 is 41.2. The molecule has 0 aliphatic rings. The number of benzene rings is 2. The lowest BCUT2D eigenvalue weighted by atomic mass is 10.1. The molecule has 1 aromatic heterocycles. The zero-order valence-corrected chi connectivity index (χ0v) is 14.3. The summed E-state index contributed by atoms with van der Waals surface area (Å²) in [5.41, 5.74) is 2.34. The molecule has 0 atom stereocenters. The number of fused-ring (bicyclic) bond motifs is 1. The lowest BCUT2D eigenvalue weighted by Crippen LogP contribution is -2.36. The van der Waals surface area contributed by atoms with Gasteiger partial charge in [-0.25, -0.2) is 4.79 Å². The average Bonchev–Trinajstić information content (AvgIpc) is 3.03. The zero-order valence-electron chi connectivity index (χ0n) is 14.3. The number of hydrogen-bond acceptors (Lipinski definition) is 2. The summed E-state index contributed by atoms with van der Waals surface area (Å²) in [5, 5.41) is 6.33. The van der Waals surface area contributed by atoms with E-state index in [1.54, 1.807) is 6.07 Å². The topological polar surface area (TPSA) is 66.2 Å². The zero-order chi connectivity index (χ0) is 19.3. The van der Waals surface area contributed by atoms with Crippen LogP contribution in [0.2, 0.25) is 0 Å². The molecule has 0 aliphatic heterocycles. The Balaban J connectivity index is 1.49. The molecule has 5 nitrogen and oxygen atoms in total. The van der Waals surface area contributed by atoms with E-state index in [0.717, 1.165) is 16.5 Å². The Kier molecular flexibility index (Phi) is 5.54. The van der Waals surface area contributed by atoms with Gasteiger partial charge in [-0.05, 0) is 24.1 Å². The Morgan fingerprint density at radius 1 is 1.00 bits per heavy atom. The molecule has 0 bridgehead atoms. The molecule has 1 heterocycles. The first-order valence-electron chi connectivity index (χ1n) is 8.33. The molecule has 8 heteroatoms. The first-order valence-corrected chi connectivity index (χ1v) is 8.33. The van der Waals surface area contributed by atoms with Gasteiger partial charge in [-0.2, -0.15) is 0 Å². The number of alkyl halides is 3. The first kappa shape index (κ1) is 18.6. The number of aromatic amines is 1. The molecule has 0 aliphatic carbocycles. The summed E-state index contributed by atoms with van der Waals surface area (Å²) in [6.45, 7) is 0.319. The Morgan fingerprint density at radius 3 is 2.56 bits per heavy atom. The van der Waals surface area contributed by atoms with Gasteiger partial charge in [0.15, 0.2) is 0 Å². The van der Waals surface area contributed by atoms with Gasteiger partial charge in [-0.3, -0.25) is 0 Å². The molecule has 27 heavy (non-hydrogen) atoms. The molecule has 3 N–H and O–H groups in total. The molecule has 2 amide bonds. The van der Waals surface area contributed by atoms with Crippen LogP contribution in [-0.2, 0) is 13.0 Å². The third-order valence-corrected chi connectivity index (χ3v) is 3.99. The Labute approximate surface area is 153 Å². The summed E-state index contributed by atoms with van der Waals surface area (Å²) >= 11 is 0. The number of carbonyl (C=O) groups is 1. The fraction of sp³-hybridized carbons (Fsp3) is 0.211. The summed E-state index contributed by atoms with van der Waals surface area (Å²) in [6, 6.07) is 13.1. The van der Waals surface area contributed by atoms with E-state index in [1.165, 1.54) is 18.2 Å². The number of hydrogen-bond donors (Lipinski definition) is 3. The van der Waals surface area contributed by atoms with E-state index in [4.69, 9.17) is 0 Å². The molecule has 2 aromatic carbocycles. The van der Waals surface area contributed by atoms with Crippen LogP contribution < -0.4 is 15.4 Å². The molecule has 0 radical (unpaired) electrons. The van der Waals surface area contributed by atoms with Crippen molar-refractivity contribution in [3.8, 4) is 5.75 Å². The molecule has 0 fully saturated rings. The van der Waals surface area contributed by atoms with Gasteiger partial charge in [0.2, 0.25) is 0 Å². The van der Waals surface area contributed by atoms with Crippen LogP contribution in [0.25, 0.3) is 10.9 Å². The van der Waals surface area contributed by atoms with Crippen molar-refractivity contribution in [1.29, 1.82) is 0 Å². The van der Waals surface area contributed by atoms with E-state index in [1.807, 2.05) is 30.5 Å². The lowest BCUT2D eigenvalue weighted by molar-refractivity contribution is -0.274. The molecule has 0 unspecified atom stereocenters. The smallest absolute Gasteiger partial charge is 0.405 e. The quantitative estimate of drug-likeness (QED) is 0.605. The number of halogens is 3. The summed E-state index contributed by atoms with van der Waals surface area (Å²) in [5.74, 6) is -0.330. The SMILES string of the molecule is O=C(NCCc1c[nH]c2ccccc12)NCc1ccccc1OC(F)(F)F. The van der Waals surface area contributed by atoms with Gasteiger partial charge in [-0.15, -0.1) is 13.2 Å². The minimum atomic E-state index is -4.78. The van der Waals surface area contributed by atoms with E-state index in [9.17, 15) is 18.0 Å². The van der Waals surface area contributed by atoms with Crippen LogP contribution in [0.5, 0.6) is 5.75 Å². The van der Waals surface area contributed by atoms with Crippen LogP contribution in [0.15, 0.2) is 54.7 Å². The van der Waals surface area contributed by atoms with E-state index >= 15 is 0 Å². The fourth-order valence-electron chi connectivity index (χ4n) is 2.76. The van der Waals surface area contributed by atoms with Gasteiger partial charge < -0.3 is 20.4 Å². The number of H-pyrrole nitrogens is 1. The van der Waals surface area contributed by atoms with Crippen LogP contribution >= 0.6 is 0 Å². The average molecular weight is 377 g/mol. The second-order valence-corrected chi connectivity index (χ2v) is 5.87. The van der Waals surface area contributed by atoms with Crippen molar-refractivity contribution in [2.75, 3.05) is 6.54 Å². The minimum absolute atomic E-state index is 0.0782. The Hall–Kier alpha value is -3.16. The highest BCUT2D eigenvalue weighted by Gasteiger charge is 2.31. The van der Waals surface area contributed by atoms with Gasteiger partial charge in [0.05, 0.1) is 0 Å². The molecule has 0 saturated carbocycles. The summed E-state index contributed by atoms with van der Waals surface area (Å²) in [6.07, 6.45) is -2.25. The van der Waals surface area contributed by atoms with Crippen molar-refractivity contribution < 1.29 is 22.7 Å². The second kappa shape index (κ2) is 8.03. The minimum Gasteiger partial charge on any atom is -0.405 e. The summed E-state index contributed by atoms with van der Waals surface area (Å²) in [4.78, 5) is 15.1. The maximum absolute atomic E-state index is 12.4. The molecule has 0 spiro atoms. The van der Waals surface area contributed by atoms with Crippen LogP contribution in [0, 0.1) is 0 Å². The number of amides is 2. The maximum atomic E-state index is 12.4. The van der Waals surface area contributed by atoms with E-state index in [0.29, 0.717) is 13.0 Å². The highest BCUT2D eigenvalue weighted by atomic mass is 19.4. The highest BCUT2D eigenvalue weighted by molar-refractivity contribution is 5.83. The largest absolute Gasteiger partial charge is 0.573 e. The standard InChI is InChI=1S/C19H18F3N3O2/c20-19(21,22)27-17-8-4-1-5-14(17)12-25-18(26)23-10-9-13-11-24-16-7-3-2-6-15(13)16/h1-8,11,24H,9-10,12H2,(H2,23,25,26). The van der Waals surface area contributed by atoms with Crippen LogP contribution in [-0.4, -0.2) is 23.9 Å². The van der Waals surface area contributed by atoms with Gasteiger partial charge in [0.25, 0.3) is 0 Å². The van der Waals surface area contributed by atoms with Gasteiger partial charge in [0.1, 0.15) is 5.75 Å². The normalized spacial score (nSPS) is 11.4. The molecule has 0 saturated heterocycles. The second-order valence-electron chi connectivity index (χ2n) is 5.87. The number of ether oxygens (including phenoxy) is 1. The monoisotopic (exact) mass is 377 g/mol. The third kappa shape index (κ3) is 5.16. The number of carbonyl (C=O) groups excluding carboxylic acids is 1. The number of para-hydroxylation sites is 2. The van der Waals surface area contributed by atoms with Crippen LogP contribution in [0.3, 0.4) is 0 Å². The number of nitrogens with one attached hydrogen (secondary N) is 3. The molecule has 142 valence electrons. The van der Waals surface area contributed by atoms with Crippen LogP contribution in [0.1, 0.15) is 11.1 Å². The van der Waals surface area contributed by atoms with Gasteiger partial charge >= 0.3 is 12.4 Å². The van der Waals surface area contributed by atoms with E-state index in [-0.39, 0.29) is 17.9 Å².